The molecule has 0 amide bonds. The van der Waals surface area contributed by atoms with Crippen LogP contribution in [0, 0.1) is 11.3 Å². The van der Waals surface area contributed by atoms with E-state index in [9.17, 15) is 4.79 Å². The van der Waals surface area contributed by atoms with Gasteiger partial charge in [-0.3, -0.25) is 9.48 Å². The Morgan fingerprint density at radius 1 is 1.41 bits per heavy atom. The number of hydrogen-bond donors (Lipinski definition) is 0. The van der Waals surface area contributed by atoms with Crippen LogP contribution in [-0.2, 0) is 6.54 Å². The van der Waals surface area contributed by atoms with E-state index in [1.807, 2.05) is 12.3 Å². The van der Waals surface area contributed by atoms with E-state index in [2.05, 4.69) is 5.10 Å². The molecule has 0 bridgehead atoms. The molecule has 22 heavy (non-hydrogen) atoms. The fraction of sp³-hybridized carbons (Fsp3) is 0.188. The van der Waals surface area contributed by atoms with Crippen LogP contribution in [0.25, 0.3) is 6.08 Å². The summed E-state index contributed by atoms with van der Waals surface area (Å²) in [5, 5.41) is 12.6. The van der Waals surface area contributed by atoms with E-state index in [1.165, 1.54) is 6.08 Å². The van der Waals surface area contributed by atoms with Gasteiger partial charge in [0.05, 0.1) is 12.7 Å². The smallest absolute Gasteiger partial charge is 0.185 e. The second-order valence-corrected chi connectivity index (χ2v) is 4.77. The Morgan fingerprint density at radius 2 is 2.18 bits per heavy atom. The van der Waals surface area contributed by atoms with Crippen LogP contribution in [0.1, 0.15) is 15.9 Å². The van der Waals surface area contributed by atoms with Crippen molar-refractivity contribution in [1.29, 1.82) is 5.26 Å². The van der Waals surface area contributed by atoms with Gasteiger partial charge in [0.1, 0.15) is 11.8 Å². The van der Waals surface area contributed by atoms with Crippen LogP contribution in [0.2, 0.25) is 0 Å². The Kier molecular flexibility index (Phi) is 5.75. The molecule has 0 saturated heterocycles. The number of aryl methyl sites for hydroxylation is 1. The van der Waals surface area contributed by atoms with Crippen molar-refractivity contribution >= 4 is 23.5 Å². The van der Waals surface area contributed by atoms with E-state index >= 15 is 0 Å². The van der Waals surface area contributed by atoms with Crippen LogP contribution >= 0.6 is 11.6 Å². The molecule has 2 aromatic rings. The van der Waals surface area contributed by atoms with Crippen molar-refractivity contribution in [2.45, 2.75) is 6.54 Å². The summed E-state index contributed by atoms with van der Waals surface area (Å²) in [6.07, 6.45) is 6.70. The molecule has 1 aromatic heterocycles. The predicted molar refractivity (Wildman–Crippen MR) is 83.9 cm³/mol. The molecule has 5 nitrogen and oxygen atoms in total. The van der Waals surface area contributed by atoms with Gasteiger partial charge in [-0.15, -0.1) is 11.6 Å². The highest BCUT2D eigenvalue weighted by atomic mass is 35.5. The summed E-state index contributed by atoms with van der Waals surface area (Å²) in [5.41, 5.74) is 1.39. The van der Waals surface area contributed by atoms with E-state index in [-0.39, 0.29) is 12.4 Å². The van der Waals surface area contributed by atoms with Crippen molar-refractivity contribution in [3.8, 4) is 11.8 Å². The molecule has 0 atom stereocenters. The number of nitriles is 1. The first-order valence-electron chi connectivity index (χ1n) is 6.63. The summed E-state index contributed by atoms with van der Waals surface area (Å²) in [4.78, 5) is 12.0. The minimum Gasteiger partial charge on any atom is -0.479 e. The molecule has 0 N–H and O–H groups in total. The first-order chi connectivity index (χ1) is 10.7. The van der Waals surface area contributed by atoms with E-state index in [0.717, 1.165) is 5.56 Å². The van der Waals surface area contributed by atoms with Crippen molar-refractivity contribution in [1.82, 2.24) is 9.78 Å². The maximum atomic E-state index is 12.0. The molecule has 0 spiro atoms. The van der Waals surface area contributed by atoms with E-state index in [1.54, 1.807) is 41.2 Å². The summed E-state index contributed by atoms with van der Waals surface area (Å²) < 4.78 is 6.85. The largest absolute Gasteiger partial charge is 0.479 e. The van der Waals surface area contributed by atoms with Gasteiger partial charge in [-0.25, -0.2) is 0 Å². The average Bonchev–Trinajstić information content (AvgIpc) is 2.99. The highest BCUT2D eigenvalue weighted by molar-refractivity contribution is 6.17. The Morgan fingerprint density at radius 3 is 2.86 bits per heavy atom. The van der Waals surface area contributed by atoms with E-state index < -0.39 is 0 Å². The number of aromatic nitrogens is 2. The molecular formula is C16H14ClN3O2. The third-order valence-corrected chi connectivity index (χ3v) is 3.01. The van der Waals surface area contributed by atoms with Gasteiger partial charge < -0.3 is 4.74 Å². The molecule has 0 saturated carbocycles. The molecule has 0 fully saturated rings. The van der Waals surface area contributed by atoms with Crippen LogP contribution in [0.4, 0.5) is 0 Å². The van der Waals surface area contributed by atoms with E-state index in [4.69, 9.17) is 21.6 Å². The Balaban J connectivity index is 1.98. The van der Waals surface area contributed by atoms with Gasteiger partial charge in [-0.1, -0.05) is 0 Å². The number of ketones is 1. The summed E-state index contributed by atoms with van der Waals surface area (Å²) in [6, 6.07) is 8.54. The zero-order chi connectivity index (χ0) is 15.8. The van der Waals surface area contributed by atoms with Gasteiger partial charge in [0.25, 0.3) is 0 Å². The lowest BCUT2D eigenvalue weighted by atomic mass is 10.1. The van der Waals surface area contributed by atoms with E-state index in [0.29, 0.717) is 23.7 Å². The van der Waals surface area contributed by atoms with Crippen LogP contribution in [0.15, 0.2) is 42.7 Å². The third kappa shape index (κ3) is 4.47. The quantitative estimate of drug-likeness (QED) is 0.447. The number of nitrogens with zero attached hydrogens (tertiary/aromatic N) is 3. The van der Waals surface area contributed by atoms with Gasteiger partial charge >= 0.3 is 0 Å². The standard InChI is InChI=1S/C16H14ClN3O2/c17-7-9-20-12-13(11-19-20)1-6-16(21)14-2-4-15(5-3-14)22-10-8-18/h1-6,11-12H,7,9-10H2. The SMILES string of the molecule is N#CCOc1ccc(C(=O)C=Cc2cnn(CCCl)c2)cc1. The molecule has 0 unspecified atom stereocenters. The Labute approximate surface area is 133 Å². The number of halogens is 1. The van der Waals surface area contributed by atoms with Crippen LogP contribution in [0.5, 0.6) is 5.75 Å². The van der Waals surface area contributed by atoms with Crippen molar-refractivity contribution in [2.24, 2.45) is 0 Å². The summed E-state index contributed by atoms with van der Waals surface area (Å²) >= 11 is 5.64. The highest BCUT2D eigenvalue weighted by Gasteiger charge is 2.03. The zero-order valence-corrected chi connectivity index (χ0v) is 12.5. The van der Waals surface area contributed by atoms with Crippen LogP contribution in [0.3, 0.4) is 0 Å². The molecule has 1 heterocycles. The number of carbonyl (C=O) groups excluding carboxylic acids is 1. The highest BCUT2D eigenvalue weighted by Crippen LogP contribution is 2.13. The monoisotopic (exact) mass is 315 g/mol. The molecule has 0 radical (unpaired) electrons. The number of carbonyl (C=O) groups is 1. The molecule has 0 aliphatic rings. The fourth-order valence-corrected chi connectivity index (χ4v) is 1.95. The predicted octanol–water partition coefficient (Wildman–Crippen LogP) is 2.92. The van der Waals surface area contributed by atoms with Gasteiger partial charge in [0, 0.05) is 23.2 Å². The molecule has 112 valence electrons. The Bertz CT molecular complexity index is 699. The van der Waals surface area contributed by atoms with Gasteiger partial charge in [0.2, 0.25) is 0 Å². The molecule has 6 heteroatoms. The second-order valence-electron chi connectivity index (χ2n) is 4.39. The lowest BCUT2D eigenvalue weighted by molar-refractivity contribution is 0.104. The minimum atomic E-state index is -0.114. The van der Waals surface area contributed by atoms with Crippen molar-refractivity contribution in [3.05, 3.63) is 53.9 Å². The topological polar surface area (TPSA) is 67.9 Å². The van der Waals surface area contributed by atoms with Gasteiger partial charge in [-0.2, -0.15) is 10.4 Å². The number of hydrogen-bond acceptors (Lipinski definition) is 4. The number of alkyl halides is 1. The third-order valence-electron chi connectivity index (χ3n) is 2.84. The zero-order valence-electron chi connectivity index (χ0n) is 11.8. The number of ether oxygens (including phenoxy) is 1. The summed E-state index contributed by atoms with van der Waals surface area (Å²) in [7, 11) is 0. The van der Waals surface area contributed by atoms with Crippen LogP contribution < -0.4 is 4.74 Å². The molecule has 0 aliphatic carbocycles. The number of benzene rings is 1. The molecule has 1 aromatic carbocycles. The van der Waals surface area contributed by atoms with Gasteiger partial charge in [-0.05, 0) is 36.4 Å². The van der Waals surface area contributed by atoms with Gasteiger partial charge in [0.15, 0.2) is 12.4 Å². The Hall–Kier alpha value is -2.58. The summed E-state index contributed by atoms with van der Waals surface area (Å²) in [6.45, 7) is 0.618. The average molecular weight is 316 g/mol. The first kappa shape index (κ1) is 15.8. The maximum absolute atomic E-state index is 12.0. The number of rotatable bonds is 7. The minimum absolute atomic E-state index is 0.0144. The first-order valence-corrected chi connectivity index (χ1v) is 7.17. The maximum Gasteiger partial charge on any atom is 0.185 e. The number of allylic oxidation sites excluding steroid dienone is 1. The fourth-order valence-electron chi connectivity index (χ4n) is 1.77. The normalized spacial score (nSPS) is 10.5. The lowest BCUT2D eigenvalue weighted by Crippen LogP contribution is -1.98. The molecule has 2 rings (SSSR count). The lowest BCUT2D eigenvalue weighted by Gasteiger charge is -2.01. The van der Waals surface area contributed by atoms with Crippen molar-refractivity contribution in [2.75, 3.05) is 12.5 Å². The second kappa shape index (κ2) is 8.01. The molecular weight excluding hydrogens is 302 g/mol. The van der Waals surface area contributed by atoms with Crippen molar-refractivity contribution in [3.63, 3.8) is 0 Å². The van der Waals surface area contributed by atoms with Crippen LogP contribution in [-0.4, -0.2) is 28.1 Å². The molecule has 0 aliphatic heterocycles. The summed E-state index contributed by atoms with van der Waals surface area (Å²) in [5.74, 6) is 0.936. The van der Waals surface area contributed by atoms with Crippen molar-refractivity contribution < 1.29 is 9.53 Å².